The van der Waals surface area contributed by atoms with Crippen LogP contribution in [0.1, 0.15) is 36.0 Å². The zero-order valence-electron chi connectivity index (χ0n) is 11.9. The largest absolute Gasteiger partial charge is 0.352 e. The summed E-state index contributed by atoms with van der Waals surface area (Å²) in [6, 6.07) is 6.81. The van der Waals surface area contributed by atoms with Crippen molar-refractivity contribution in [3.8, 4) is 0 Å². The molecular weight excluding hydrogens is 288 g/mol. The van der Waals surface area contributed by atoms with Gasteiger partial charge < -0.3 is 5.32 Å². The first-order valence-corrected chi connectivity index (χ1v) is 9.06. The normalized spacial score (nSPS) is 21.0. The summed E-state index contributed by atoms with van der Waals surface area (Å²) in [5, 5.41) is 2.94. The van der Waals surface area contributed by atoms with Gasteiger partial charge >= 0.3 is 0 Å². The molecule has 1 heterocycles. The number of nitrogens with zero attached hydrogens (tertiary/aromatic N) is 1. The molecule has 2 fully saturated rings. The van der Waals surface area contributed by atoms with E-state index in [2.05, 4.69) is 5.32 Å². The predicted molar refractivity (Wildman–Crippen MR) is 81.9 cm³/mol. The summed E-state index contributed by atoms with van der Waals surface area (Å²) in [5.41, 5.74) is 1.22. The fraction of sp³-hybridized carbons (Fsp3) is 0.533. The van der Waals surface area contributed by atoms with E-state index in [0.29, 0.717) is 30.1 Å². The van der Waals surface area contributed by atoms with E-state index < -0.39 is 10.0 Å². The van der Waals surface area contributed by atoms with Gasteiger partial charge in [-0.15, -0.1) is 0 Å². The van der Waals surface area contributed by atoms with Gasteiger partial charge in [0.15, 0.2) is 0 Å². The van der Waals surface area contributed by atoms with Crippen LogP contribution in [0.5, 0.6) is 0 Å². The van der Waals surface area contributed by atoms with Gasteiger partial charge in [-0.25, -0.2) is 8.42 Å². The molecule has 3 rings (SSSR count). The standard InChI is InChI=1S/C15H20N2O3S/c18-15(16-11-12-3-1-4-12)13-5-7-14(8-6-13)17-9-2-10-21(17,19)20/h5-8,12H,1-4,9-11H2,(H,16,18). The molecule has 1 aromatic rings. The van der Waals surface area contributed by atoms with Crippen molar-refractivity contribution in [2.75, 3.05) is 23.1 Å². The molecule has 2 aliphatic rings. The lowest BCUT2D eigenvalue weighted by Crippen LogP contribution is -2.32. The van der Waals surface area contributed by atoms with Gasteiger partial charge in [-0.1, -0.05) is 6.42 Å². The zero-order chi connectivity index (χ0) is 14.9. The average molecular weight is 308 g/mol. The Bertz CT molecular complexity index is 621. The molecule has 1 N–H and O–H groups in total. The van der Waals surface area contributed by atoms with Gasteiger partial charge in [-0.2, -0.15) is 0 Å². The van der Waals surface area contributed by atoms with E-state index in [-0.39, 0.29) is 11.7 Å². The fourth-order valence-corrected chi connectivity index (χ4v) is 4.31. The Morgan fingerprint density at radius 1 is 1.19 bits per heavy atom. The Kier molecular flexibility index (Phi) is 3.89. The molecule has 114 valence electrons. The highest BCUT2D eigenvalue weighted by atomic mass is 32.2. The minimum Gasteiger partial charge on any atom is -0.352 e. The second-order valence-electron chi connectivity index (χ2n) is 5.80. The van der Waals surface area contributed by atoms with Gasteiger partial charge in [0.05, 0.1) is 11.4 Å². The number of amides is 1. The number of carbonyl (C=O) groups excluding carboxylic acids is 1. The van der Waals surface area contributed by atoms with E-state index in [1.54, 1.807) is 24.3 Å². The van der Waals surface area contributed by atoms with Gasteiger partial charge in [-0.05, 0) is 49.4 Å². The Morgan fingerprint density at radius 3 is 2.43 bits per heavy atom. The van der Waals surface area contributed by atoms with E-state index in [1.165, 1.54) is 23.6 Å². The van der Waals surface area contributed by atoms with Gasteiger partial charge in [-0.3, -0.25) is 9.10 Å². The minimum atomic E-state index is -3.16. The summed E-state index contributed by atoms with van der Waals surface area (Å²) in [6.45, 7) is 1.26. The summed E-state index contributed by atoms with van der Waals surface area (Å²) in [5.74, 6) is 0.747. The van der Waals surface area contributed by atoms with Crippen LogP contribution in [0.25, 0.3) is 0 Å². The van der Waals surface area contributed by atoms with Crippen LogP contribution < -0.4 is 9.62 Å². The Labute approximate surface area is 125 Å². The van der Waals surface area contributed by atoms with Crippen LogP contribution in [-0.4, -0.2) is 33.2 Å². The smallest absolute Gasteiger partial charge is 0.251 e. The maximum Gasteiger partial charge on any atom is 0.251 e. The molecule has 0 bridgehead atoms. The second-order valence-corrected chi connectivity index (χ2v) is 7.81. The molecule has 0 spiro atoms. The maximum absolute atomic E-state index is 12.0. The van der Waals surface area contributed by atoms with E-state index >= 15 is 0 Å². The number of rotatable bonds is 4. The summed E-state index contributed by atoms with van der Waals surface area (Å²) in [6.07, 6.45) is 4.32. The number of hydrogen-bond donors (Lipinski definition) is 1. The summed E-state index contributed by atoms with van der Waals surface area (Å²) in [7, 11) is -3.16. The lowest BCUT2D eigenvalue weighted by molar-refractivity contribution is 0.0939. The van der Waals surface area contributed by atoms with Gasteiger partial charge in [0.2, 0.25) is 10.0 Å². The molecule has 0 radical (unpaired) electrons. The van der Waals surface area contributed by atoms with Crippen LogP contribution in [0.4, 0.5) is 5.69 Å². The van der Waals surface area contributed by atoms with Crippen molar-refractivity contribution in [2.45, 2.75) is 25.7 Å². The topological polar surface area (TPSA) is 66.5 Å². The number of hydrogen-bond acceptors (Lipinski definition) is 3. The van der Waals surface area contributed by atoms with Gasteiger partial charge in [0.25, 0.3) is 5.91 Å². The first-order chi connectivity index (χ1) is 10.1. The zero-order valence-corrected chi connectivity index (χ0v) is 12.7. The third-order valence-electron chi connectivity index (χ3n) is 4.29. The van der Waals surface area contributed by atoms with Crippen molar-refractivity contribution in [1.82, 2.24) is 5.32 Å². The molecule has 6 heteroatoms. The molecule has 1 aromatic carbocycles. The second kappa shape index (κ2) is 5.67. The lowest BCUT2D eigenvalue weighted by Gasteiger charge is -2.25. The molecule has 0 atom stereocenters. The van der Waals surface area contributed by atoms with E-state index in [4.69, 9.17) is 0 Å². The van der Waals surface area contributed by atoms with Gasteiger partial charge in [0.1, 0.15) is 0 Å². The third kappa shape index (κ3) is 3.05. The van der Waals surface area contributed by atoms with Crippen LogP contribution in [0.15, 0.2) is 24.3 Å². The van der Waals surface area contributed by atoms with Crippen LogP contribution in [0.2, 0.25) is 0 Å². The number of benzene rings is 1. The Morgan fingerprint density at radius 2 is 1.90 bits per heavy atom. The highest BCUT2D eigenvalue weighted by Gasteiger charge is 2.28. The minimum absolute atomic E-state index is 0.0854. The lowest BCUT2D eigenvalue weighted by atomic mass is 9.85. The Balaban J connectivity index is 1.64. The fourth-order valence-electron chi connectivity index (χ4n) is 2.74. The molecule has 1 aliphatic heterocycles. The van der Waals surface area contributed by atoms with Crippen LogP contribution in [0.3, 0.4) is 0 Å². The van der Waals surface area contributed by atoms with Crippen LogP contribution >= 0.6 is 0 Å². The van der Waals surface area contributed by atoms with E-state index in [0.717, 1.165) is 6.54 Å². The molecule has 5 nitrogen and oxygen atoms in total. The molecule has 1 amide bonds. The average Bonchev–Trinajstić information content (AvgIpc) is 2.76. The molecule has 21 heavy (non-hydrogen) atoms. The molecule has 1 saturated carbocycles. The SMILES string of the molecule is O=C(NCC1CCC1)c1ccc(N2CCCS2(=O)=O)cc1. The number of anilines is 1. The summed E-state index contributed by atoms with van der Waals surface area (Å²) < 4.78 is 25.1. The van der Waals surface area contributed by atoms with Crippen molar-refractivity contribution in [3.63, 3.8) is 0 Å². The highest BCUT2D eigenvalue weighted by molar-refractivity contribution is 7.93. The maximum atomic E-state index is 12.0. The van der Waals surface area contributed by atoms with Crippen LogP contribution in [0, 0.1) is 5.92 Å². The van der Waals surface area contributed by atoms with E-state index in [1.807, 2.05) is 0 Å². The quantitative estimate of drug-likeness (QED) is 0.921. The molecule has 0 aromatic heterocycles. The van der Waals surface area contributed by atoms with Crippen LogP contribution in [-0.2, 0) is 10.0 Å². The van der Waals surface area contributed by atoms with Gasteiger partial charge in [0, 0.05) is 18.7 Å². The monoisotopic (exact) mass is 308 g/mol. The van der Waals surface area contributed by atoms with Crippen molar-refractivity contribution < 1.29 is 13.2 Å². The molecule has 0 unspecified atom stereocenters. The first-order valence-electron chi connectivity index (χ1n) is 7.45. The van der Waals surface area contributed by atoms with Crippen molar-refractivity contribution >= 4 is 21.6 Å². The number of sulfonamides is 1. The Hall–Kier alpha value is -1.56. The summed E-state index contributed by atoms with van der Waals surface area (Å²) >= 11 is 0. The molecule has 1 saturated heterocycles. The van der Waals surface area contributed by atoms with E-state index in [9.17, 15) is 13.2 Å². The van der Waals surface area contributed by atoms with Crippen molar-refractivity contribution in [2.24, 2.45) is 5.92 Å². The van der Waals surface area contributed by atoms with Crippen molar-refractivity contribution in [1.29, 1.82) is 0 Å². The number of nitrogens with one attached hydrogen (secondary N) is 1. The predicted octanol–water partition coefficient (Wildman–Crippen LogP) is 1.76. The molecular formula is C15H20N2O3S. The highest BCUT2D eigenvalue weighted by Crippen LogP contribution is 2.26. The summed E-state index contributed by atoms with van der Waals surface area (Å²) in [4.78, 5) is 12.0. The first kappa shape index (κ1) is 14.4. The third-order valence-corrected chi connectivity index (χ3v) is 6.16. The number of carbonyl (C=O) groups is 1. The molecule has 1 aliphatic carbocycles. The van der Waals surface area contributed by atoms with Crippen molar-refractivity contribution in [3.05, 3.63) is 29.8 Å².